The quantitative estimate of drug-likeness (QED) is 0.688. The zero-order valence-electron chi connectivity index (χ0n) is 11.2. The summed E-state index contributed by atoms with van der Waals surface area (Å²) in [5.41, 5.74) is 14.1. The van der Waals surface area contributed by atoms with E-state index in [1.165, 1.54) is 0 Å². The highest BCUT2D eigenvalue weighted by Crippen LogP contribution is 2.22. The summed E-state index contributed by atoms with van der Waals surface area (Å²) in [6.45, 7) is 2.00. The molecule has 0 aliphatic heterocycles. The van der Waals surface area contributed by atoms with Crippen molar-refractivity contribution in [1.82, 2.24) is 19.9 Å². The Bertz CT molecular complexity index is 878. The summed E-state index contributed by atoms with van der Waals surface area (Å²) in [6.07, 6.45) is 0. The first kappa shape index (κ1) is 12.7. The number of aryl methyl sites for hydroxylation is 1. The average Bonchev–Trinajstić information content (AvgIpc) is 2.47. The van der Waals surface area contributed by atoms with Crippen molar-refractivity contribution in [3.63, 3.8) is 0 Å². The summed E-state index contributed by atoms with van der Waals surface area (Å²) in [5.74, 6) is 0.635. The number of nitrogens with zero attached hydrogens (tertiary/aromatic N) is 5. The Balaban J connectivity index is 2.24. The van der Waals surface area contributed by atoms with Crippen molar-refractivity contribution in [2.45, 2.75) is 6.92 Å². The Kier molecular flexibility index (Phi) is 2.84. The van der Waals surface area contributed by atoms with Gasteiger partial charge in [0, 0.05) is 5.56 Å². The van der Waals surface area contributed by atoms with Gasteiger partial charge in [-0.05, 0) is 6.92 Å². The van der Waals surface area contributed by atoms with Crippen molar-refractivity contribution in [3.8, 4) is 17.5 Å². The molecule has 0 aliphatic rings. The van der Waals surface area contributed by atoms with Crippen LogP contribution >= 0.6 is 0 Å². The van der Waals surface area contributed by atoms with Gasteiger partial charge < -0.3 is 11.5 Å². The molecule has 7 heteroatoms. The summed E-state index contributed by atoms with van der Waals surface area (Å²) in [5, 5.41) is 8.91. The van der Waals surface area contributed by atoms with E-state index in [9.17, 15) is 0 Å². The number of rotatable bonds is 1. The SMILES string of the molecule is Cc1ccc(-c2nc(N)c3nc(C#N)c(N)nc3n2)cc1. The van der Waals surface area contributed by atoms with Crippen LogP contribution in [0.3, 0.4) is 0 Å². The molecule has 0 bridgehead atoms. The molecule has 4 N–H and O–H groups in total. The molecule has 3 rings (SSSR count). The number of hydrogen-bond donors (Lipinski definition) is 2. The Labute approximate surface area is 120 Å². The second-order valence-corrected chi connectivity index (χ2v) is 4.54. The van der Waals surface area contributed by atoms with Gasteiger partial charge in [0.2, 0.25) is 0 Å². The van der Waals surface area contributed by atoms with E-state index in [0.29, 0.717) is 5.82 Å². The molecule has 0 fully saturated rings. The monoisotopic (exact) mass is 277 g/mol. The van der Waals surface area contributed by atoms with Gasteiger partial charge in [-0.2, -0.15) is 5.26 Å². The van der Waals surface area contributed by atoms with Crippen LogP contribution in [-0.4, -0.2) is 19.9 Å². The van der Waals surface area contributed by atoms with E-state index in [4.69, 9.17) is 16.7 Å². The van der Waals surface area contributed by atoms with Gasteiger partial charge >= 0.3 is 0 Å². The number of nitrogen functional groups attached to an aromatic ring is 2. The molecule has 21 heavy (non-hydrogen) atoms. The van der Waals surface area contributed by atoms with Gasteiger partial charge in [-0.1, -0.05) is 29.8 Å². The van der Waals surface area contributed by atoms with Crippen LogP contribution in [0.1, 0.15) is 11.3 Å². The molecular weight excluding hydrogens is 266 g/mol. The molecule has 2 heterocycles. The highest BCUT2D eigenvalue weighted by atomic mass is 15.0. The van der Waals surface area contributed by atoms with Crippen LogP contribution in [0.4, 0.5) is 11.6 Å². The third-order valence-electron chi connectivity index (χ3n) is 3.00. The number of nitriles is 1. The highest BCUT2D eigenvalue weighted by molar-refractivity contribution is 5.84. The minimum Gasteiger partial charge on any atom is -0.382 e. The fourth-order valence-electron chi connectivity index (χ4n) is 1.90. The second kappa shape index (κ2) is 4.68. The summed E-state index contributed by atoms with van der Waals surface area (Å²) in [6, 6.07) is 9.57. The summed E-state index contributed by atoms with van der Waals surface area (Å²) < 4.78 is 0. The maximum absolute atomic E-state index is 8.91. The van der Waals surface area contributed by atoms with E-state index in [0.717, 1.165) is 11.1 Å². The van der Waals surface area contributed by atoms with E-state index in [1.54, 1.807) is 0 Å². The first-order valence-corrected chi connectivity index (χ1v) is 6.16. The smallest absolute Gasteiger partial charge is 0.186 e. The van der Waals surface area contributed by atoms with Crippen LogP contribution in [-0.2, 0) is 0 Å². The van der Waals surface area contributed by atoms with Crippen LogP contribution in [0.15, 0.2) is 24.3 Å². The third-order valence-corrected chi connectivity index (χ3v) is 3.00. The largest absolute Gasteiger partial charge is 0.382 e. The number of benzene rings is 1. The Morgan fingerprint density at radius 3 is 2.33 bits per heavy atom. The predicted octanol–water partition coefficient (Wildman–Crippen LogP) is 1.43. The summed E-state index contributed by atoms with van der Waals surface area (Å²) >= 11 is 0. The molecular formula is C14H11N7. The van der Waals surface area contributed by atoms with Crippen LogP contribution in [0, 0.1) is 18.3 Å². The lowest BCUT2D eigenvalue weighted by Gasteiger charge is -2.06. The van der Waals surface area contributed by atoms with Crippen LogP contribution in [0.2, 0.25) is 0 Å². The fourth-order valence-corrected chi connectivity index (χ4v) is 1.90. The van der Waals surface area contributed by atoms with Gasteiger partial charge in [-0.25, -0.2) is 19.9 Å². The van der Waals surface area contributed by atoms with Gasteiger partial charge in [0.05, 0.1) is 0 Å². The first-order chi connectivity index (χ1) is 10.1. The van der Waals surface area contributed by atoms with E-state index < -0.39 is 0 Å². The normalized spacial score (nSPS) is 10.5. The zero-order valence-corrected chi connectivity index (χ0v) is 11.2. The van der Waals surface area contributed by atoms with E-state index in [2.05, 4.69) is 19.9 Å². The van der Waals surface area contributed by atoms with Gasteiger partial charge in [0.25, 0.3) is 0 Å². The van der Waals surface area contributed by atoms with Crippen molar-refractivity contribution < 1.29 is 0 Å². The first-order valence-electron chi connectivity index (χ1n) is 6.16. The number of aromatic nitrogens is 4. The lowest BCUT2D eigenvalue weighted by molar-refractivity contribution is 1.15. The van der Waals surface area contributed by atoms with Crippen LogP contribution in [0.25, 0.3) is 22.6 Å². The predicted molar refractivity (Wildman–Crippen MR) is 78.8 cm³/mol. The molecule has 3 aromatic rings. The van der Waals surface area contributed by atoms with Gasteiger partial charge in [0.1, 0.15) is 6.07 Å². The standard InChI is InChI=1S/C14H11N7/c1-7-2-4-8(5-3-7)13-20-12(17)10-14(21-13)19-11(16)9(6-15)18-10/h2-5H,1H3,(H4,16,17,19,20,21). The van der Waals surface area contributed by atoms with Gasteiger partial charge in [-0.15, -0.1) is 0 Å². The summed E-state index contributed by atoms with van der Waals surface area (Å²) in [4.78, 5) is 16.7. The van der Waals surface area contributed by atoms with Crippen LogP contribution < -0.4 is 11.5 Å². The highest BCUT2D eigenvalue weighted by Gasteiger charge is 2.13. The zero-order chi connectivity index (χ0) is 15.0. The Morgan fingerprint density at radius 2 is 1.67 bits per heavy atom. The van der Waals surface area contributed by atoms with E-state index >= 15 is 0 Å². The van der Waals surface area contributed by atoms with Crippen molar-refractivity contribution in [2.75, 3.05) is 11.5 Å². The van der Waals surface area contributed by atoms with Gasteiger partial charge in [0.15, 0.2) is 34.3 Å². The number of nitrogens with two attached hydrogens (primary N) is 2. The van der Waals surface area contributed by atoms with E-state index in [1.807, 2.05) is 37.3 Å². The molecule has 2 aromatic heterocycles. The number of anilines is 2. The molecule has 7 nitrogen and oxygen atoms in total. The second-order valence-electron chi connectivity index (χ2n) is 4.54. The van der Waals surface area contributed by atoms with Gasteiger partial charge in [-0.3, -0.25) is 0 Å². The molecule has 0 aliphatic carbocycles. The van der Waals surface area contributed by atoms with E-state index in [-0.39, 0.29) is 28.5 Å². The van der Waals surface area contributed by atoms with Crippen molar-refractivity contribution in [2.24, 2.45) is 0 Å². The Morgan fingerprint density at radius 1 is 0.952 bits per heavy atom. The topological polar surface area (TPSA) is 127 Å². The molecule has 0 spiro atoms. The minimum atomic E-state index is 0.0147. The maximum Gasteiger partial charge on any atom is 0.186 e. The maximum atomic E-state index is 8.91. The molecule has 0 unspecified atom stereocenters. The van der Waals surface area contributed by atoms with Crippen molar-refractivity contribution in [3.05, 3.63) is 35.5 Å². The van der Waals surface area contributed by atoms with Crippen molar-refractivity contribution in [1.29, 1.82) is 5.26 Å². The molecule has 0 radical (unpaired) electrons. The third kappa shape index (κ3) is 2.19. The lowest BCUT2D eigenvalue weighted by Crippen LogP contribution is -2.05. The fraction of sp³-hybridized carbons (Fsp3) is 0.0714. The Hall–Kier alpha value is -3.27. The molecule has 0 amide bonds. The minimum absolute atomic E-state index is 0.0147. The molecule has 0 saturated carbocycles. The van der Waals surface area contributed by atoms with Crippen LogP contribution in [0.5, 0.6) is 0 Å². The average molecular weight is 277 g/mol. The lowest BCUT2D eigenvalue weighted by atomic mass is 10.1. The van der Waals surface area contributed by atoms with Crippen molar-refractivity contribution >= 4 is 22.8 Å². The summed E-state index contributed by atoms with van der Waals surface area (Å²) in [7, 11) is 0. The molecule has 102 valence electrons. The number of hydrogen-bond acceptors (Lipinski definition) is 7. The molecule has 0 atom stereocenters. The molecule has 1 aromatic carbocycles. The number of fused-ring (bicyclic) bond motifs is 1. The molecule has 0 saturated heterocycles.